The molecule has 8 heteroatoms. The number of nitrogens with zero attached hydrogens (tertiary/aromatic N) is 1. The average Bonchev–Trinajstić information content (AvgIpc) is 2.76. The van der Waals surface area contributed by atoms with E-state index in [4.69, 9.17) is 0 Å². The van der Waals surface area contributed by atoms with Crippen LogP contribution in [0.3, 0.4) is 0 Å². The van der Waals surface area contributed by atoms with Crippen LogP contribution in [0.5, 0.6) is 0 Å². The third kappa shape index (κ3) is 3.31. The predicted molar refractivity (Wildman–Crippen MR) is 87.6 cm³/mol. The zero-order chi connectivity index (χ0) is 16.8. The van der Waals surface area contributed by atoms with Gasteiger partial charge < -0.3 is 5.32 Å². The van der Waals surface area contributed by atoms with Gasteiger partial charge in [0.25, 0.3) is 0 Å². The Hall–Kier alpha value is -0.960. The monoisotopic (exact) mass is 358 g/mol. The van der Waals surface area contributed by atoms with E-state index in [2.05, 4.69) is 5.32 Å². The van der Waals surface area contributed by atoms with Crippen LogP contribution in [0.25, 0.3) is 0 Å². The molecule has 0 aromatic heterocycles. The molecule has 2 fully saturated rings. The van der Waals surface area contributed by atoms with E-state index < -0.39 is 19.9 Å². The molecule has 0 saturated carbocycles. The Kier molecular flexibility index (Phi) is 4.29. The lowest BCUT2D eigenvalue weighted by molar-refractivity contribution is 0.383. The Morgan fingerprint density at radius 2 is 1.78 bits per heavy atom. The molecule has 2 unspecified atom stereocenters. The largest absolute Gasteiger partial charge is 0.310 e. The van der Waals surface area contributed by atoms with Crippen molar-refractivity contribution in [3.8, 4) is 0 Å². The van der Waals surface area contributed by atoms with Gasteiger partial charge in [-0.25, -0.2) is 16.8 Å². The quantitative estimate of drug-likeness (QED) is 0.868. The van der Waals surface area contributed by atoms with Crippen molar-refractivity contribution < 1.29 is 16.8 Å². The number of sulfonamides is 1. The Balaban J connectivity index is 1.99. The molecule has 23 heavy (non-hydrogen) atoms. The van der Waals surface area contributed by atoms with Crippen molar-refractivity contribution >= 4 is 19.9 Å². The molecule has 1 aromatic rings. The topological polar surface area (TPSA) is 83.5 Å². The third-order valence-electron chi connectivity index (χ3n) is 4.69. The summed E-state index contributed by atoms with van der Waals surface area (Å²) < 4.78 is 51.0. The van der Waals surface area contributed by atoms with Gasteiger partial charge in [-0.15, -0.1) is 0 Å². The van der Waals surface area contributed by atoms with Crippen molar-refractivity contribution in [3.63, 3.8) is 0 Å². The van der Waals surface area contributed by atoms with E-state index in [1.807, 2.05) is 0 Å². The maximum absolute atomic E-state index is 13.0. The lowest BCUT2D eigenvalue weighted by atomic mass is 10.1. The number of fused-ring (bicyclic) bond motifs is 2. The number of aryl methyl sites for hydroxylation is 1. The molecule has 3 rings (SSSR count). The lowest BCUT2D eigenvalue weighted by Crippen LogP contribution is -2.39. The summed E-state index contributed by atoms with van der Waals surface area (Å²) in [6.07, 6.45) is 3.96. The highest BCUT2D eigenvalue weighted by Crippen LogP contribution is 2.28. The van der Waals surface area contributed by atoms with Crippen molar-refractivity contribution in [1.29, 1.82) is 0 Å². The standard InChI is InChI=1S/C15H22N2O4S2/c1-11-3-6-14(22(2,18)19)9-15(11)23(20,21)17-8-7-12-4-5-13(10-17)16-12/h3,6,9,12-13,16H,4-5,7-8,10H2,1-2H3. The summed E-state index contributed by atoms with van der Waals surface area (Å²) in [7, 11) is -7.14. The maximum atomic E-state index is 13.0. The van der Waals surface area contributed by atoms with E-state index in [-0.39, 0.29) is 15.8 Å². The fourth-order valence-electron chi connectivity index (χ4n) is 3.36. The van der Waals surface area contributed by atoms with E-state index in [0.29, 0.717) is 24.7 Å². The SMILES string of the molecule is Cc1ccc(S(C)(=O)=O)cc1S(=O)(=O)N1CCC2CCC(C1)N2. The van der Waals surface area contributed by atoms with Crippen LogP contribution < -0.4 is 5.32 Å². The predicted octanol–water partition coefficient (Wildman–Crippen LogP) is 0.914. The highest BCUT2D eigenvalue weighted by atomic mass is 32.2. The number of rotatable bonds is 3. The van der Waals surface area contributed by atoms with E-state index in [0.717, 1.165) is 25.5 Å². The molecule has 0 radical (unpaired) electrons. The highest BCUT2D eigenvalue weighted by molar-refractivity contribution is 7.91. The van der Waals surface area contributed by atoms with E-state index in [1.54, 1.807) is 13.0 Å². The molecular formula is C15H22N2O4S2. The average molecular weight is 358 g/mol. The van der Waals surface area contributed by atoms with Gasteiger partial charge in [0.1, 0.15) is 0 Å². The van der Waals surface area contributed by atoms with E-state index in [1.165, 1.54) is 16.4 Å². The fraction of sp³-hybridized carbons (Fsp3) is 0.600. The van der Waals surface area contributed by atoms with Crippen molar-refractivity contribution in [2.75, 3.05) is 19.3 Å². The Morgan fingerprint density at radius 3 is 2.48 bits per heavy atom. The van der Waals surface area contributed by atoms with Gasteiger partial charge in [0.15, 0.2) is 9.84 Å². The van der Waals surface area contributed by atoms with Crippen molar-refractivity contribution in [3.05, 3.63) is 23.8 Å². The fourth-order valence-corrected chi connectivity index (χ4v) is 5.83. The van der Waals surface area contributed by atoms with Gasteiger partial charge in [-0.3, -0.25) is 0 Å². The minimum Gasteiger partial charge on any atom is -0.310 e. The Labute approximate surface area is 137 Å². The summed E-state index contributed by atoms with van der Waals surface area (Å²) in [6.45, 7) is 2.61. The van der Waals surface area contributed by atoms with Crippen LogP contribution in [-0.4, -0.2) is 52.6 Å². The first kappa shape index (κ1) is 16.9. The molecule has 1 aromatic carbocycles. The Bertz CT molecular complexity index is 818. The van der Waals surface area contributed by atoms with Crippen molar-refractivity contribution in [2.45, 2.75) is 48.1 Å². The second kappa shape index (κ2) is 5.84. The zero-order valence-corrected chi connectivity index (χ0v) is 15.0. The summed E-state index contributed by atoms with van der Waals surface area (Å²) in [5.41, 5.74) is 0.569. The van der Waals surface area contributed by atoms with Crippen LogP contribution >= 0.6 is 0 Å². The van der Waals surface area contributed by atoms with Gasteiger partial charge in [-0.2, -0.15) is 4.31 Å². The van der Waals surface area contributed by atoms with Crippen molar-refractivity contribution in [1.82, 2.24) is 9.62 Å². The van der Waals surface area contributed by atoms with E-state index in [9.17, 15) is 16.8 Å². The van der Waals surface area contributed by atoms with Gasteiger partial charge in [-0.1, -0.05) is 6.07 Å². The number of hydrogen-bond acceptors (Lipinski definition) is 5. The molecule has 2 bridgehead atoms. The first-order chi connectivity index (χ1) is 10.7. The van der Waals surface area contributed by atoms with Crippen molar-refractivity contribution in [2.24, 2.45) is 0 Å². The second-order valence-electron chi connectivity index (χ2n) is 6.49. The molecule has 0 spiro atoms. The van der Waals surface area contributed by atoms with Crippen LogP contribution in [0.1, 0.15) is 24.8 Å². The van der Waals surface area contributed by atoms with Gasteiger partial charge >= 0.3 is 0 Å². The molecule has 0 amide bonds. The normalized spacial score (nSPS) is 26.2. The number of hydrogen-bond donors (Lipinski definition) is 1. The molecule has 6 nitrogen and oxygen atoms in total. The molecule has 2 atom stereocenters. The summed E-state index contributed by atoms with van der Waals surface area (Å²) in [5.74, 6) is 0. The smallest absolute Gasteiger partial charge is 0.243 e. The van der Waals surface area contributed by atoms with E-state index >= 15 is 0 Å². The summed E-state index contributed by atoms with van der Waals surface area (Å²) in [6, 6.07) is 4.89. The molecule has 2 aliphatic heterocycles. The van der Waals surface area contributed by atoms with Crippen LogP contribution in [0.2, 0.25) is 0 Å². The summed E-state index contributed by atoms with van der Waals surface area (Å²) in [4.78, 5) is 0.134. The minimum atomic E-state index is -3.69. The lowest BCUT2D eigenvalue weighted by Gasteiger charge is -2.24. The van der Waals surface area contributed by atoms with Gasteiger partial charge in [-0.05, 0) is 43.9 Å². The molecule has 2 saturated heterocycles. The molecular weight excluding hydrogens is 336 g/mol. The van der Waals surface area contributed by atoms with Crippen LogP contribution in [-0.2, 0) is 19.9 Å². The van der Waals surface area contributed by atoms with Gasteiger partial charge in [0.2, 0.25) is 10.0 Å². The molecule has 1 N–H and O–H groups in total. The molecule has 128 valence electrons. The summed E-state index contributed by atoms with van der Waals surface area (Å²) in [5, 5.41) is 3.45. The Morgan fingerprint density at radius 1 is 1.09 bits per heavy atom. The molecule has 2 heterocycles. The molecule has 2 aliphatic rings. The summed E-state index contributed by atoms with van der Waals surface area (Å²) >= 11 is 0. The van der Waals surface area contributed by atoms with Gasteiger partial charge in [0, 0.05) is 31.4 Å². The molecule has 0 aliphatic carbocycles. The number of benzene rings is 1. The first-order valence-electron chi connectivity index (χ1n) is 7.75. The minimum absolute atomic E-state index is 0.0381. The van der Waals surface area contributed by atoms with Gasteiger partial charge in [0.05, 0.1) is 9.79 Å². The zero-order valence-electron chi connectivity index (χ0n) is 13.3. The van der Waals surface area contributed by atoms with Crippen LogP contribution in [0.4, 0.5) is 0 Å². The maximum Gasteiger partial charge on any atom is 0.243 e. The van der Waals surface area contributed by atoms with Crippen LogP contribution in [0, 0.1) is 6.92 Å². The first-order valence-corrected chi connectivity index (χ1v) is 11.1. The second-order valence-corrected chi connectivity index (χ2v) is 10.4. The highest BCUT2D eigenvalue weighted by Gasteiger charge is 2.35. The number of nitrogens with one attached hydrogen (secondary N) is 1. The third-order valence-corrected chi connectivity index (χ3v) is 7.81. The van der Waals surface area contributed by atoms with Crippen LogP contribution in [0.15, 0.2) is 28.0 Å². The number of sulfone groups is 1.